The quantitative estimate of drug-likeness (QED) is 0.284. The smallest absolute Gasteiger partial charge is 0.251 e. The van der Waals surface area contributed by atoms with E-state index in [1.807, 2.05) is 6.07 Å². The minimum Gasteiger partial charge on any atom is -0.366 e. The van der Waals surface area contributed by atoms with E-state index in [1.54, 1.807) is 18.2 Å². The summed E-state index contributed by atoms with van der Waals surface area (Å²) in [4.78, 5) is 39.9. The van der Waals surface area contributed by atoms with Gasteiger partial charge >= 0.3 is 0 Å². The van der Waals surface area contributed by atoms with Crippen LogP contribution in [0.2, 0.25) is 0 Å². The number of hydrogen-bond donors (Lipinski definition) is 4. The van der Waals surface area contributed by atoms with Crippen molar-refractivity contribution in [1.29, 1.82) is 0 Å². The number of nitrogens with one attached hydrogen (secondary N) is 3. The molecule has 0 bridgehead atoms. The maximum atomic E-state index is 14.8. The van der Waals surface area contributed by atoms with Gasteiger partial charge in [0.1, 0.15) is 35.8 Å². The molecule has 5 N–H and O–H groups in total. The number of H-pyrrole nitrogens is 2. The number of amides is 1. The third-order valence-electron chi connectivity index (χ3n) is 5.11. The van der Waals surface area contributed by atoms with Crippen molar-refractivity contribution in [2.75, 3.05) is 5.32 Å². The number of nitrogens with zero attached hydrogens (tertiary/aromatic N) is 4. The molecule has 0 fully saturated rings. The molecule has 10 nitrogen and oxygen atoms in total. The van der Waals surface area contributed by atoms with Crippen molar-refractivity contribution < 1.29 is 18.4 Å². The van der Waals surface area contributed by atoms with Gasteiger partial charge in [-0.05, 0) is 24.3 Å². The molecule has 5 rings (SSSR count). The van der Waals surface area contributed by atoms with Crippen molar-refractivity contribution in [2.24, 2.45) is 5.73 Å². The van der Waals surface area contributed by atoms with Crippen LogP contribution in [0.15, 0.2) is 55.2 Å². The van der Waals surface area contributed by atoms with E-state index < -0.39 is 34.5 Å². The fraction of sp³-hybridized carbons (Fsp3) is 0. The number of hydrogen-bond acceptors (Lipinski definition) is 7. The summed E-state index contributed by atoms with van der Waals surface area (Å²) in [5, 5.41) is 9.90. The highest BCUT2D eigenvalue weighted by Crippen LogP contribution is 2.30. The second kappa shape index (κ2) is 8.16. The molecule has 1 amide bonds. The standard InChI is InChI=1S/C22H14F2N8O2/c23-14-5-4-12(19(25)34)17(24)16(14)18(33)13-7-26-21-15(13)22(28-8-27-21)31-11-3-1-2-10(6-11)20-29-9-30-32-20/h1-9H,(H2,25,34)(H,29,30,32)(H2,26,27,28,31). The summed E-state index contributed by atoms with van der Waals surface area (Å²) in [5.41, 5.74) is 5.15. The van der Waals surface area contributed by atoms with Crippen LogP contribution >= 0.6 is 0 Å². The van der Waals surface area contributed by atoms with E-state index in [2.05, 4.69) is 35.5 Å². The summed E-state index contributed by atoms with van der Waals surface area (Å²) in [6, 6.07) is 8.84. The van der Waals surface area contributed by atoms with E-state index in [1.165, 1.54) is 18.9 Å². The largest absolute Gasteiger partial charge is 0.366 e. The third-order valence-corrected chi connectivity index (χ3v) is 5.11. The van der Waals surface area contributed by atoms with Crippen LogP contribution in [0.3, 0.4) is 0 Å². The molecule has 3 heterocycles. The zero-order valence-corrected chi connectivity index (χ0v) is 17.1. The molecular formula is C22H14F2N8O2. The predicted octanol–water partition coefficient (Wildman–Crippen LogP) is 3.09. The molecule has 0 aliphatic rings. The van der Waals surface area contributed by atoms with E-state index in [-0.39, 0.29) is 22.4 Å². The van der Waals surface area contributed by atoms with Crippen LogP contribution in [-0.4, -0.2) is 41.8 Å². The highest BCUT2D eigenvalue weighted by Gasteiger charge is 2.27. The van der Waals surface area contributed by atoms with Crippen LogP contribution in [0.1, 0.15) is 26.3 Å². The number of benzene rings is 2. The van der Waals surface area contributed by atoms with Gasteiger partial charge in [-0.1, -0.05) is 12.1 Å². The predicted molar refractivity (Wildman–Crippen MR) is 117 cm³/mol. The molecule has 12 heteroatoms. The van der Waals surface area contributed by atoms with E-state index >= 15 is 0 Å². The number of ketones is 1. The number of rotatable bonds is 6. The van der Waals surface area contributed by atoms with Crippen LogP contribution in [0.4, 0.5) is 20.3 Å². The minimum absolute atomic E-state index is 0.0936. The molecule has 0 unspecified atom stereocenters. The van der Waals surface area contributed by atoms with Crippen molar-refractivity contribution in [3.63, 3.8) is 0 Å². The van der Waals surface area contributed by atoms with Crippen molar-refractivity contribution in [2.45, 2.75) is 0 Å². The Morgan fingerprint density at radius 3 is 2.62 bits per heavy atom. The highest BCUT2D eigenvalue weighted by atomic mass is 19.1. The van der Waals surface area contributed by atoms with Gasteiger partial charge in [0.2, 0.25) is 5.78 Å². The number of carbonyl (C=O) groups is 2. The van der Waals surface area contributed by atoms with Crippen LogP contribution in [0.25, 0.3) is 22.4 Å². The average Bonchev–Trinajstić information content (AvgIpc) is 3.50. The van der Waals surface area contributed by atoms with Gasteiger partial charge in [-0.2, -0.15) is 5.10 Å². The molecule has 5 aromatic rings. The Hall–Kier alpha value is -5.00. The maximum Gasteiger partial charge on any atom is 0.251 e. The first-order valence-corrected chi connectivity index (χ1v) is 9.81. The Morgan fingerprint density at radius 1 is 1.00 bits per heavy atom. The van der Waals surface area contributed by atoms with Crippen LogP contribution in [0, 0.1) is 11.6 Å². The van der Waals surface area contributed by atoms with E-state index in [4.69, 9.17) is 5.73 Å². The molecule has 0 saturated carbocycles. The first-order valence-electron chi connectivity index (χ1n) is 9.81. The molecule has 0 aliphatic carbocycles. The van der Waals surface area contributed by atoms with E-state index in [0.29, 0.717) is 11.5 Å². The second-order valence-electron chi connectivity index (χ2n) is 7.17. The van der Waals surface area contributed by atoms with Gasteiger partial charge in [-0.3, -0.25) is 14.7 Å². The van der Waals surface area contributed by atoms with E-state index in [9.17, 15) is 18.4 Å². The number of aromatic nitrogens is 6. The molecule has 0 aliphatic heterocycles. The summed E-state index contributed by atoms with van der Waals surface area (Å²) in [7, 11) is 0. The number of nitrogens with two attached hydrogens (primary N) is 1. The Balaban J connectivity index is 1.59. The Morgan fingerprint density at radius 2 is 1.85 bits per heavy atom. The molecular weight excluding hydrogens is 446 g/mol. The zero-order chi connectivity index (χ0) is 23.8. The minimum atomic E-state index is -1.34. The molecule has 0 atom stereocenters. The normalized spacial score (nSPS) is 11.0. The third kappa shape index (κ3) is 3.52. The molecule has 168 valence electrons. The van der Waals surface area contributed by atoms with Gasteiger partial charge < -0.3 is 16.0 Å². The molecule has 0 saturated heterocycles. The summed E-state index contributed by atoms with van der Waals surface area (Å²) in [6.07, 6.45) is 3.92. The summed E-state index contributed by atoms with van der Waals surface area (Å²) in [5.74, 6) is -3.82. The van der Waals surface area contributed by atoms with Crippen molar-refractivity contribution in [3.8, 4) is 11.4 Å². The number of halogens is 2. The lowest BCUT2D eigenvalue weighted by Gasteiger charge is -2.10. The zero-order valence-electron chi connectivity index (χ0n) is 17.1. The van der Waals surface area contributed by atoms with Crippen molar-refractivity contribution >= 4 is 34.2 Å². The number of fused-ring (bicyclic) bond motifs is 1. The van der Waals surface area contributed by atoms with Crippen molar-refractivity contribution in [3.05, 3.63) is 83.6 Å². The van der Waals surface area contributed by atoms with E-state index in [0.717, 1.165) is 17.7 Å². The van der Waals surface area contributed by atoms with Gasteiger partial charge in [0.25, 0.3) is 5.91 Å². The lowest BCUT2D eigenvalue weighted by atomic mass is 9.99. The lowest BCUT2D eigenvalue weighted by molar-refractivity contribution is 0.0996. The van der Waals surface area contributed by atoms with Gasteiger partial charge in [0.05, 0.1) is 22.1 Å². The Bertz CT molecular complexity index is 1560. The van der Waals surface area contributed by atoms with Gasteiger partial charge in [-0.25, -0.2) is 23.7 Å². The van der Waals surface area contributed by atoms with Crippen LogP contribution < -0.4 is 11.1 Å². The number of aromatic amines is 2. The maximum absolute atomic E-state index is 14.8. The number of anilines is 2. The second-order valence-corrected chi connectivity index (χ2v) is 7.17. The topological polar surface area (TPSA) is 155 Å². The summed E-state index contributed by atoms with van der Waals surface area (Å²) < 4.78 is 29.3. The number of carbonyl (C=O) groups excluding carboxylic acids is 2. The fourth-order valence-corrected chi connectivity index (χ4v) is 3.55. The molecule has 0 spiro atoms. The fourth-order valence-electron chi connectivity index (χ4n) is 3.55. The van der Waals surface area contributed by atoms with Gasteiger partial charge in [-0.15, -0.1) is 0 Å². The highest BCUT2D eigenvalue weighted by molar-refractivity contribution is 6.19. The van der Waals surface area contributed by atoms with Gasteiger partial charge in [0, 0.05) is 17.4 Å². The van der Waals surface area contributed by atoms with Crippen molar-refractivity contribution in [1.82, 2.24) is 30.1 Å². The molecule has 34 heavy (non-hydrogen) atoms. The molecule has 3 aromatic heterocycles. The first-order chi connectivity index (χ1) is 16.4. The summed E-state index contributed by atoms with van der Waals surface area (Å²) in [6.45, 7) is 0. The Kier molecular flexibility index (Phi) is 5.01. The van der Waals surface area contributed by atoms with Gasteiger partial charge in [0.15, 0.2) is 5.82 Å². The summed E-state index contributed by atoms with van der Waals surface area (Å²) >= 11 is 0. The lowest BCUT2D eigenvalue weighted by Crippen LogP contribution is -2.17. The molecule has 0 radical (unpaired) electrons. The SMILES string of the molecule is NC(=O)c1ccc(F)c(C(=O)c2c[nH]c3ncnc(Nc4cccc(-c5ncn[nH]5)c4)c23)c1F. The molecule has 2 aromatic carbocycles. The number of primary amides is 1. The average molecular weight is 460 g/mol. The van der Waals surface area contributed by atoms with Crippen LogP contribution in [-0.2, 0) is 0 Å². The Labute approximate surface area is 189 Å². The monoisotopic (exact) mass is 460 g/mol. The first kappa shape index (κ1) is 20.9. The van der Waals surface area contributed by atoms with Crippen LogP contribution in [0.5, 0.6) is 0 Å².